The van der Waals surface area contributed by atoms with Gasteiger partial charge in [0.15, 0.2) is 0 Å². The standard InChI is InChI=1S/C14H12F4N2/c1-8-3-9(5-11(15)4-8)12-6-10(14(16,17)18)7-13(19-2)20-12/h3-7H,1-2H3,(H,19,20). The zero-order valence-corrected chi connectivity index (χ0v) is 10.8. The summed E-state index contributed by atoms with van der Waals surface area (Å²) in [5.41, 5.74) is 0.177. The molecule has 2 aromatic rings. The molecule has 0 bridgehead atoms. The van der Waals surface area contributed by atoms with Crippen LogP contribution in [0.25, 0.3) is 11.3 Å². The molecule has 1 aromatic carbocycles. The molecule has 0 saturated carbocycles. The van der Waals surface area contributed by atoms with Gasteiger partial charge in [-0.05, 0) is 42.8 Å². The van der Waals surface area contributed by atoms with Gasteiger partial charge in [0, 0.05) is 12.6 Å². The monoisotopic (exact) mass is 284 g/mol. The first-order valence-corrected chi connectivity index (χ1v) is 5.84. The Bertz CT molecular complexity index is 615. The van der Waals surface area contributed by atoms with Crippen LogP contribution in [-0.2, 0) is 6.18 Å². The van der Waals surface area contributed by atoms with Crippen molar-refractivity contribution in [1.29, 1.82) is 0 Å². The molecule has 0 radical (unpaired) electrons. The number of anilines is 1. The van der Waals surface area contributed by atoms with Crippen molar-refractivity contribution in [3.63, 3.8) is 0 Å². The largest absolute Gasteiger partial charge is 0.416 e. The van der Waals surface area contributed by atoms with Crippen molar-refractivity contribution in [1.82, 2.24) is 4.98 Å². The van der Waals surface area contributed by atoms with Gasteiger partial charge in [0.2, 0.25) is 0 Å². The molecule has 0 unspecified atom stereocenters. The normalized spacial score (nSPS) is 11.5. The lowest BCUT2D eigenvalue weighted by atomic mass is 10.1. The Balaban J connectivity index is 2.61. The number of hydrogen-bond donors (Lipinski definition) is 1. The Labute approximate surface area is 113 Å². The number of benzene rings is 1. The summed E-state index contributed by atoms with van der Waals surface area (Å²) in [5, 5.41) is 2.57. The molecule has 6 heteroatoms. The lowest BCUT2D eigenvalue weighted by Crippen LogP contribution is -2.07. The third-order valence-electron chi connectivity index (χ3n) is 2.75. The molecular formula is C14H12F4N2. The molecule has 0 spiro atoms. The number of aromatic nitrogens is 1. The van der Waals surface area contributed by atoms with E-state index < -0.39 is 17.6 Å². The molecule has 0 saturated heterocycles. The Hall–Kier alpha value is -2.11. The van der Waals surface area contributed by atoms with E-state index >= 15 is 0 Å². The summed E-state index contributed by atoms with van der Waals surface area (Å²) < 4.78 is 51.9. The second-order valence-corrected chi connectivity index (χ2v) is 4.39. The number of aryl methyl sites for hydroxylation is 1. The van der Waals surface area contributed by atoms with Crippen molar-refractivity contribution >= 4 is 5.82 Å². The molecule has 0 amide bonds. The van der Waals surface area contributed by atoms with Crippen LogP contribution in [0.2, 0.25) is 0 Å². The van der Waals surface area contributed by atoms with Crippen LogP contribution in [0.1, 0.15) is 11.1 Å². The van der Waals surface area contributed by atoms with Gasteiger partial charge in [0.1, 0.15) is 11.6 Å². The number of alkyl halides is 3. The minimum Gasteiger partial charge on any atom is -0.373 e. The zero-order chi connectivity index (χ0) is 14.9. The quantitative estimate of drug-likeness (QED) is 0.834. The Morgan fingerprint density at radius 3 is 2.30 bits per heavy atom. The summed E-state index contributed by atoms with van der Waals surface area (Å²) in [7, 11) is 1.48. The molecule has 2 rings (SSSR count). The molecule has 0 aliphatic rings. The number of halogens is 4. The maximum Gasteiger partial charge on any atom is 0.416 e. The van der Waals surface area contributed by atoms with Gasteiger partial charge >= 0.3 is 6.18 Å². The number of pyridine rings is 1. The van der Waals surface area contributed by atoms with Crippen LogP contribution in [-0.4, -0.2) is 12.0 Å². The third-order valence-corrected chi connectivity index (χ3v) is 2.75. The van der Waals surface area contributed by atoms with Gasteiger partial charge in [-0.2, -0.15) is 13.2 Å². The van der Waals surface area contributed by atoms with Gasteiger partial charge in [0.05, 0.1) is 11.3 Å². The molecule has 1 heterocycles. The molecule has 0 atom stereocenters. The third kappa shape index (κ3) is 3.07. The van der Waals surface area contributed by atoms with E-state index in [-0.39, 0.29) is 11.5 Å². The van der Waals surface area contributed by atoms with Crippen LogP contribution in [0.4, 0.5) is 23.4 Å². The van der Waals surface area contributed by atoms with E-state index in [1.807, 2.05) is 0 Å². The van der Waals surface area contributed by atoms with Crippen LogP contribution < -0.4 is 5.32 Å². The first-order chi connectivity index (χ1) is 9.29. The second-order valence-electron chi connectivity index (χ2n) is 4.39. The molecule has 20 heavy (non-hydrogen) atoms. The summed E-state index contributed by atoms with van der Waals surface area (Å²) in [6, 6.07) is 5.88. The van der Waals surface area contributed by atoms with Gasteiger partial charge < -0.3 is 5.32 Å². The summed E-state index contributed by atoms with van der Waals surface area (Å²) in [6.45, 7) is 1.67. The minimum absolute atomic E-state index is 0.0757. The van der Waals surface area contributed by atoms with Crippen molar-refractivity contribution in [2.75, 3.05) is 12.4 Å². The number of nitrogens with one attached hydrogen (secondary N) is 1. The summed E-state index contributed by atoms with van der Waals surface area (Å²) in [5.74, 6) is -0.429. The van der Waals surface area contributed by atoms with Gasteiger partial charge in [0.25, 0.3) is 0 Å². The smallest absolute Gasteiger partial charge is 0.373 e. The highest BCUT2D eigenvalue weighted by atomic mass is 19.4. The molecular weight excluding hydrogens is 272 g/mol. The Kier molecular flexibility index (Phi) is 3.65. The molecule has 2 nitrogen and oxygen atoms in total. The number of hydrogen-bond acceptors (Lipinski definition) is 2. The van der Waals surface area contributed by atoms with E-state index in [0.29, 0.717) is 11.1 Å². The van der Waals surface area contributed by atoms with E-state index in [1.165, 1.54) is 13.1 Å². The fourth-order valence-electron chi connectivity index (χ4n) is 1.85. The zero-order valence-electron chi connectivity index (χ0n) is 10.8. The van der Waals surface area contributed by atoms with Gasteiger partial charge in [-0.25, -0.2) is 9.37 Å². The highest BCUT2D eigenvalue weighted by Gasteiger charge is 2.31. The minimum atomic E-state index is -4.48. The SMILES string of the molecule is CNc1cc(C(F)(F)F)cc(-c2cc(C)cc(F)c2)n1. The summed E-state index contributed by atoms with van der Waals surface area (Å²) in [6.07, 6.45) is -4.48. The van der Waals surface area contributed by atoms with Gasteiger partial charge in [-0.3, -0.25) is 0 Å². The van der Waals surface area contributed by atoms with Crippen molar-refractivity contribution in [2.24, 2.45) is 0 Å². The predicted molar refractivity (Wildman–Crippen MR) is 68.9 cm³/mol. The summed E-state index contributed by atoms with van der Waals surface area (Å²) in [4.78, 5) is 4.04. The van der Waals surface area contributed by atoms with Crippen LogP contribution in [0, 0.1) is 12.7 Å². The van der Waals surface area contributed by atoms with E-state index in [4.69, 9.17) is 0 Å². The lowest BCUT2D eigenvalue weighted by Gasteiger charge is -2.12. The van der Waals surface area contributed by atoms with E-state index in [2.05, 4.69) is 10.3 Å². The lowest BCUT2D eigenvalue weighted by molar-refractivity contribution is -0.137. The second kappa shape index (κ2) is 5.11. The number of nitrogens with zero attached hydrogens (tertiary/aromatic N) is 1. The van der Waals surface area contributed by atoms with Gasteiger partial charge in [-0.15, -0.1) is 0 Å². The van der Waals surface area contributed by atoms with Crippen LogP contribution in [0.15, 0.2) is 30.3 Å². The number of rotatable bonds is 2. The van der Waals surface area contributed by atoms with Gasteiger partial charge in [-0.1, -0.05) is 0 Å². The van der Waals surface area contributed by atoms with Crippen LogP contribution in [0.5, 0.6) is 0 Å². The maximum atomic E-state index is 13.4. The van der Waals surface area contributed by atoms with Crippen molar-refractivity contribution in [3.05, 3.63) is 47.3 Å². The van der Waals surface area contributed by atoms with E-state index in [0.717, 1.165) is 18.2 Å². The van der Waals surface area contributed by atoms with Crippen molar-refractivity contribution in [2.45, 2.75) is 13.1 Å². The topological polar surface area (TPSA) is 24.9 Å². The molecule has 106 valence electrons. The van der Waals surface area contributed by atoms with E-state index in [1.54, 1.807) is 13.0 Å². The maximum absolute atomic E-state index is 13.4. The predicted octanol–water partition coefficient (Wildman–Crippen LogP) is 4.26. The fraction of sp³-hybridized carbons (Fsp3) is 0.214. The average molecular weight is 284 g/mol. The highest BCUT2D eigenvalue weighted by Crippen LogP contribution is 2.33. The van der Waals surface area contributed by atoms with Crippen molar-refractivity contribution < 1.29 is 17.6 Å². The summed E-state index contributed by atoms with van der Waals surface area (Å²) >= 11 is 0. The first-order valence-electron chi connectivity index (χ1n) is 5.84. The Morgan fingerprint density at radius 2 is 1.75 bits per heavy atom. The van der Waals surface area contributed by atoms with Crippen LogP contribution in [0.3, 0.4) is 0 Å². The highest BCUT2D eigenvalue weighted by molar-refractivity contribution is 5.63. The fourth-order valence-corrected chi connectivity index (χ4v) is 1.85. The average Bonchev–Trinajstić information content (AvgIpc) is 2.36. The molecule has 1 N–H and O–H groups in total. The first kappa shape index (κ1) is 14.3. The molecule has 0 aliphatic heterocycles. The van der Waals surface area contributed by atoms with Crippen molar-refractivity contribution in [3.8, 4) is 11.3 Å². The molecule has 0 aliphatic carbocycles. The molecule has 0 fully saturated rings. The van der Waals surface area contributed by atoms with E-state index in [9.17, 15) is 17.6 Å². The Morgan fingerprint density at radius 1 is 1.05 bits per heavy atom. The van der Waals surface area contributed by atoms with Crippen LogP contribution >= 0.6 is 0 Å². The molecule has 1 aromatic heterocycles.